The second-order valence-corrected chi connectivity index (χ2v) is 21.7. The molecule has 62 heavy (non-hydrogen) atoms. The van der Waals surface area contributed by atoms with Gasteiger partial charge in [-0.15, -0.1) is 0 Å². The van der Waals surface area contributed by atoms with E-state index in [9.17, 15) is 0 Å². The third kappa shape index (κ3) is 16.7. The lowest BCUT2D eigenvalue weighted by Crippen LogP contribution is -2.49. The number of rotatable bonds is 32. The SMILES string of the molecule is CCCCCC=CCC=CCCCCCCCCOCC(CN1CCOCC1)OCCOCCO[C@H]1CC[C@@]2(C)C(=CCC3C4CC[C@](C)([C@H](C)CCCC(C)C)C4CCC32)C1. The van der Waals surface area contributed by atoms with Crippen LogP contribution in [-0.4, -0.2) is 89.6 Å². The van der Waals surface area contributed by atoms with Crippen LogP contribution in [0.4, 0.5) is 0 Å². The van der Waals surface area contributed by atoms with Crippen molar-refractivity contribution in [2.75, 3.05) is 72.5 Å². The monoisotopic (exact) mass is 866 g/mol. The Kier molecular flexibility index (Phi) is 24.2. The maximum Gasteiger partial charge on any atom is 0.0936 e. The second-order valence-electron chi connectivity index (χ2n) is 21.7. The van der Waals surface area contributed by atoms with E-state index in [1.54, 1.807) is 5.57 Å². The molecule has 0 bridgehead atoms. The molecule has 0 radical (unpaired) electrons. The molecule has 0 spiro atoms. The quantitative estimate of drug-likeness (QED) is 0.0496. The van der Waals surface area contributed by atoms with Gasteiger partial charge in [0.1, 0.15) is 0 Å². The standard InChI is InChI=1S/C56H99NO5/c1-7-8-9-10-11-12-13-14-15-16-17-18-19-20-21-22-36-60-45-50(44-57-34-37-58-38-35-57)62-42-40-59-39-41-61-49-30-32-56(6)48(43-49)26-27-51-52-31-33-55(5,53(52)28-29-54(51)56)47(4)25-23-24-46(2)3/h11-12,14-15,26,46-47,49-54H,7-10,13,16-25,27-45H2,1-6H3/t47-,49+,50?,51?,52?,53?,54?,55-,56+/m1/s1. The van der Waals surface area contributed by atoms with Crippen molar-refractivity contribution in [1.82, 2.24) is 4.90 Å². The predicted octanol–water partition coefficient (Wildman–Crippen LogP) is 14.0. The molecule has 1 saturated heterocycles. The van der Waals surface area contributed by atoms with Gasteiger partial charge in [0.25, 0.3) is 0 Å². The van der Waals surface area contributed by atoms with E-state index in [0.717, 1.165) is 94.2 Å². The topological polar surface area (TPSA) is 49.4 Å². The molecule has 9 atom stereocenters. The molecule has 1 aliphatic heterocycles. The summed E-state index contributed by atoms with van der Waals surface area (Å²) in [4.78, 5) is 2.45. The summed E-state index contributed by atoms with van der Waals surface area (Å²) in [6, 6.07) is 0. The Morgan fingerprint density at radius 2 is 1.45 bits per heavy atom. The molecule has 4 fully saturated rings. The van der Waals surface area contributed by atoms with Gasteiger partial charge in [-0.05, 0) is 136 Å². The third-order valence-electron chi connectivity index (χ3n) is 16.9. The summed E-state index contributed by atoms with van der Waals surface area (Å²) < 4.78 is 30.7. The fraction of sp³-hybridized carbons (Fsp3) is 0.893. The van der Waals surface area contributed by atoms with Crippen LogP contribution < -0.4 is 0 Å². The summed E-state index contributed by atoms with van der Waals surface area (Å²) in [6.45, 7) is 23.4. The number of unbranched alkanes of at least 4 members (excludes halogenated alkanes) is 9. The molecule has 6 nitrogen and oxygen atoms in total. The van der Waals surface area contributed by atoms with Gasteiger partial charge in [0, 0.05) is 26.2 Å². The molecule has 0 N–H and O–H groups in total. The lowest BCUT2D eigenvalue weighted by atomic mass is 9.49. The van der Waals surface area contributed by atoms with Crippen LogP contribution in [0, 0.1) is 46.3 Å². The first-order valence-corrected chi connectivity index (χ1v) is 26.9. The van der Waals surface area contributed by atoms with Gasteiger partial charge < -0.3 is 23.7 Å². The van der Waals surface area contributed by atoms with Gasteiger partial charge in [0.05, 0.1) is 58.5 Å². The molecule has 5 aliphatic rings. The largest absolute Gasteiger partial charge is 0.379 e. The van der Waals surface area contributed by atoms with E-state index in [1.807, 2.05) is 0 Å². The van der Waals surface area contributed by atoms with Crippen molar-refractivity contribution < 1.29 is 23.7 Å². The van der Waals surface area contributed by atoms with Gasteiger partial charge in [-0.3, -0.25) is 4.90 Å². The number of hydrogen-bond donors (Lipinski definition) is 0. The summed E-state index contributed by atoms with van der Waals surface area (Å²) in [5, 5.41) is 0. The minimum atomic E-state index is 0.0637. The lowest BCUT2D eigenvalue weighted by molar-refractivity contribution is -0.0719. The van der Waals surface area contributed by atoms with Gasteiger partial charge in [-0.2, -0.15) is 0 Å². The normalized spacial score (nSPS) is 30.2. The number of hydrogen-bond acceptors (Lipinski definition) is 6. The number of nitrogens with zero attached hydrogens (tertiary/aromatic N) is 1. The van der Waals surface area contributed by atoms with Crippen molar-refractivity contribution in [3.63, 3.8) is 0 Å². The highest BCUT2D eigenvalue weighted by atomic mass is 16.6. The van der Waals surface area contributed by atoms with Gasteiger partial charge >= 0.3 is 0 Å². The minimum absolute atomic E-state index is 0.0637. The Labute approximate surface area is 383 Å². The van der Waals surface area contributed by atoms with Crippen LogP contribution in [0.15, 0.2) is 36.0 Å². The zero-order valence-corrected chi connectivity index (χ0v) is 41.5. The Balaban J connectivity index is 0.910. The maximum atomic E-state index is 6.51. The van der Waals surface area contributed by atoms with Gasteiger partial charge in [-0.25, -0.2) is 0 Å². The van der Waals surface area contributed by atoms with E-state index >= 15 is 0 Å². The van der Waals surface area contributed by atoms with Crippen molar-refractivity contribution in [3.8, 4) is 0 Å². The first-order valence-electron chi connectivity index (χ1n) is 26.9. The molecule has 5 rings (SSSR count). The molecule has 0 aromatic heterocycles. The fourth-order valence-corrected chi connectivity index (χ4v) is 12.8. The third-order valence-corrected chi connectivity index (χ3v) is 16.9. The van der Waals surface area contributed by atoms with Crippen LogP contribution in [0.2, 0.25) is 0 Å². The molecule has 0 aromatic carbocycles. The van der Waals surface area contributed by atoms with E-state index in [-0.39, 0.29) is 6.10 Å². The van der Waals surface area contributed by atoms with Gasteiger partial charge in [0.15, 0.2) is 0 Å². The van der Waals surface area contributed by atoms with Crippen LogP contribution in [0.5, 0.6) is 0 Å². The minimum Gasteiger partial charge on any atom is -0.379 e. The van der Waals surface area contributed by atoms with Crippen molar-refractivity contribution in [2.24, 2.45) is 46.3 Å². The molecule has 4 aliphatic carbocycles. The zero-order valence-electron chi connectivity index (χ0n) is 41.5. The maximum absolute atomic E-state index is 6.51. The predicted molar refractivity (Wildman–Crippen MR) is 261 cm³/mol. The average molecular weight is 866 g/mol. The average Bonchev–Trinajstić information content (AvgIpc) is 3.63. The Bertz CT molecular complexity index is 1270. The van der Waals surface area contributed by atoms with Crippen molar-refractivity contribution in [1.29, 1.82) is 0 Å². The van der Waals surface area contributed by atoms with Gasteiger partial charge in [-0.1, -0.05) is 135 Å². The van der Waals surface area contributed by atoms with E-state index in [1.165, 1.54) is 128 Å². The molecule has 358 valence electrons. The molecule has 6 heteroatoms. The van der Waals surface area contributed by atoms with Crippen LogP contribution in [0.1, 0.15) is 189 Å². The highest BCUT2D eigenvalue weighted by Gasteiger charge is 2.57. The zero-order chi connectivity index (χ0) is 43.9. The second kappa shape index (κ2) is 28.9. The van der Waals surface area contributed by atoms with E-state index in [0.29, 0.717) is 50.0 Å². The number of ether oxygens (including phenoxy) is 5. The molecule has 3 saturated carbocycles. The summed E-state index contributed by atoms with van der Waals surface area (Å²) in [5.74, 6) is 5.37. The first kappa shape index (κ1) is 52.0. The van der Waals surface area contributed by atoms with Crippen LogP contribution in [-0.2, 0) is 23.7 Å². The number of allylic oxidation sites excluding steroid dienone is 5. The molecule has 1 heterocycles. The highest BCUT2D eigenvalue weighted by molar-refractivity contribution is 5.25. The smallest absolute Gasteiger partial charge is 0.0936 e. The van der Waals surface area contributed by atoms with E-state index < -0.39 is 0 Å². The lowest BCUT2D eigenvalue weighted by Gasteiger charge is -2.56. The number of morpholine rings is 1. The van der Waals surface area contributed by atoms with Crippen LogP contribution in [0.3, 0.4) is 0 Å². The fourth-order valence-electron chi connectivity index (χ4n) is 12.8. The molecule has 0 aromatic rings. The molecule has 0 amide bonds. The molecular weight excluding hydrogens is 767 g/mol. The van der Waals surface area contributed by atoms with Crippen molar-refractivity contribution >= 4 is 0 Å². The van der Waals surface area contributed by atoms with Gasteiger partial charge in [0.2, 0.25) is 0 Å². The van der Waals surface area contributed by atoms with E-state index in [4.69, 9.17) is 23.7 Å². The summed E-state index contributed by atoms with van der Waals surface area (Å²) in [6.07, 6.45) is 42.7. The molecular formula is C56H99NO5. The molecule has 5 unspecified atom stereocenters. The first-order chi connectivity index (χ1) is 30.2. The van der Waals surface area contributed by atoms with E-state index in [2.05, 4.69) is 76.8 Å². The Morgan fingerprint density at radius 3 is 2.23 bits per heavy atom. The highest BCUT2D eigenvalue weighted by Crippen LogP contribution is 2.66. The summed E-state index contributed by atoms with van der Waals surface area (Å²) in [5.41, 5.74) is 2.66. The van der Waals surface area contributed by atoms with Crippen molar-refractivity contribution in [3.05, 3.63) is 36.0 Å². The Morgan fingerprint density at radius 1 is 0.726 bits per heavy atom. The van der Waals surface area contributed by atoms with Crippen LogP contribution in [0.25, 0.3) is 0 Å². The van der Waals surface area contributed by atoms with Crippen LogP contribution >= 0.6 is 0 Å². The summed E-state index contributed by atoms with van der Waals surface area (Å²) >= 11 is 0. The van der Waals surface area contributed by atoms with Crippen molar-refractivity contribution in [2.45, 2.75) is 201 Å². The number of fused-ring (bicyclic) bond motifs is 5. The summed E-state index contributed by atoms with van der Waals surface area (Å²) in [7, 11) is 0. The Hall–Kier alpha value is -1.02.